The normalized spacial score (nSPS) is 11.4. The number of benzene rings is 2. The van der Waals surface area contributed by atoms with Gasteiger partial charge in [-0.25, -0.2) is 13.8 Å². The minimum Gasteiger partial charge on any atom is -0.495 e. The first kappa shape index (κ1) is 22.1. The lowest BCUT2D eigenvalue weighted by molar-refractivity contribution is -0.119. The Kier molecular flexibility index (Phi) is 7.73. The van der Waals surface area contributed by atoms with Gasteiger partial charge >= 0.3 is 0 Å². The van der Waals surface area contributed by atoms with Gasteiger partial charge in [-0.2, -0.15) is 5.10 Å². The molecule has 0 aliphatic carbocycles. The topological polar surface area (TPSA) is 88.1 Å². The largest absolute Gasteiger partial charge is 0.495 e. The number of ether oxygens (including phenoxy) is 1. The summed E-state index contributed by atoms with van der Waals surface area (Å²) in [6, 6.07) is 12.1. The van der Waals surface area contributed by atoms with Gasteiger partial charge in [0.05, 0.1) is 25.3 Å². The first-order chi connectivity index (χ1) is 13.2. The number of methoxy groups -OCH3 is 1. The van der Waals surface area contributed by atoms with E-state index in [9.17, 15) is 13.2 Å². The molecular weight excluding hydrogens is 422 g/mol. The molecule has 1 amide bonds. The summed E-state index contributed by atoms with van der Waals surface area (Å²) in [6.07, 6.45) is 4.45. The zero-order valence-corrected chi connectivity index (χ0v) is 17.9. The van der Waals surface area contributed by atoms with E-state index in [2.05, 4.69) is 10.5 Å². The Labute approximate surface area is 173 Å². The molecule has 0 aliphatic heterocycles. The number of rotatable bonds is 8. The standard InChI is InChI=1S/C18H20ClN3O4S2/c1-26-17-9-6-14(19)10-16(17)22(28(3,24)25)12-18(23)21-20-11-13-4-7-15(27-2)8-5-13/h4-11H,12H2,1-3H3,(H,21,23)/b20-11-. The molecule has 7 nitrogen and oxygen atoms in total. The second-order valence-electron chi connectivity index (χ2n) is 5.65. The lowest BCUT2D eigenvalue weighted by Crippen LogP contribution is -2.39. The van der Waals surface area contributed by atoms with Crippen molar-refractivity contribution in [3.63, 3.8) is 0 Å². The van der Waals surface area contributed by atoms with Crippen LogP contribution < -0.4 is 14.5 Å². The van der Waals surface area contributed by atoms with Crippen molar-refractivity contribution in [1.82, 2.24) is 5.43 Å². The quantitative estimate of drug-likeness (QED) is 0.386. The molecule has 0 aromatic heterocycles. The van der Waals surface area contributed by atoms with Gasteiger partial charge in [-0.1, -0.05) is 23.7 Å². The number of hydrazone groups is 1. The maximum atomic E-state index is 12.2. The van der Waals surface area contributed by atoms with E-state index in [-0.39, 0.29) is 11.4 Å². The fraction of sp³-hybridized carbons (Fsp3) is 0.222. The molecule has 0 bridgehead atoms. The van der Waals surface area contributed by atoms with Crippen molar-refractivity contribution >= 4 is 51.2 Å². The molecule has 28 heavy (non-hydrogen) atoms. The number of nitrogens with zero attached hydrogens (tertiary/aromatic N) is 2. The predicted octanol–water partition coefficient (Wildman–Crippen LogP) is 2.99. The molecule has 2 rings (SSSR count). The number of amides is 1. The van der Waals surface area contributed by atoms with Gasteiger partial charge in [-0.15, -0.1) is 11.8 Å². The second kappa shape index (κ2) is 9.81. The Morgan fingerprint density at radius 1 is 1.29 bits per heavy atom. The van der Waals surface area contributed by atoms with Crippen LogP contribution in [0.25, 0.3) is 0 Å². The third-order valence-electron chi connectivity index (χ3n) is 3.62. The summed E-state index contributed by atoms with van der Waals surface area (Å²) in [5.74, 6) is -0.329. The molecule has 0 unspecified atom stereocenters. The zero-order valence-electron chi connectivity index (χ0n) is 15.5. The lowest BCUT2D eigenvalue weighted by atomic mass is 10.2. The number of thioether (sulfide) groups is 1. The van der Waals surface area contributed by atoms with Crippen molar-refractivity contribution in [2.45, 2.75) is 4.90 Å². The number of hydrogen-bond acceptors (Lipinski definition) is 6. The van der Waals surface area contributed by atoms with E-state index in [0.29, 0.717) is 5.02 Å². The predicted molar refractivity (Wildman–Crippen MR) is 114 cm³/mol. The number of anilines is 1. The Morgan fingerprint density at radius 2 is 1.96 bits per heavy atom. The number of sulfonamides is 1. The van der Waals surface area contributed by atoms with E-state index in [4.69, 9.17) is 16.3 Å². The summed E-state index contributed by atoms with van der Waals surface area (Å²) in [7, 11) is -2.36. The van der Waals surface area contributed by atoms with E-state index >= 15 is 0 Å². The van der Waals surface area contributed by atoms with Gasteiger partial charge in [-0.3, -0.25) is 9.10 Å². The zero-order chi connectivity index (χ0) is 20.7. The van der Waals surface area contributed by atoms with Gasteiger partial charge < -0.3 is 4.74 Å². The van der Waals surface area contributed by atoms with Crippen LogP contribution in [0.5, 0.6) is 5.75 Å². The third kappa shape index (κ3) is 6.15. The first-order valence-corrected chi connectivity index (χ1v) is 11.5. The molecule has 0 fully saturated rings. The second-order valence-corrected chi connectivity index (χ2v) is 8.88. The van der Waals surface area contributed by atoms with Crippen LogP contribution in [-0.2, 0) is 14.8 Å². The summed E-state index contributed by atoms with van der Waals surface area (Å²) in [5.41, 5.74) is 3.30. The number of carbonyl (C=O) groups excluding carboxylic acids is 1. The Bertz CT molecular complexity index is 963. The van der Waals surface area contributed by atoms with Crippen LogP contribution >= 0.6 is 23.4 Å². The number of hydrogen-bond donors (Lipinski definition) is 1. The molecule has 150 valence electrons. The highest BCUT2D eigenvalue weighted by atomic mass is 35.5. The molecule has 0 atom stereocenters. The Hall–Kier alpha value is -2.23. The van der Waals surface area contributed by atoms with Crippen molar-refractivity contribution in [2.75, 3.05) is 30.5 Å². The molecule has 2 aromatic carbocycles. The molecule has 2 aromatic rings. The van der Waals surface area contributed by atoms with Crippen LogP contribution in [0.15, 0.2) is 52.5 Å². The Balaban J connectivity index is 2.13. The van der Waals surface area contributed by atoms with E-state index in [1.54, 1.807) is 17.8 Å². The summed E-state index contributed by atoms with van der Waals surface area (Å²) in [4.78, 5) is 13.4. The van der Waals surface area contributed by atoms with Crippen LogP contribution in [0.2, 0.25) is 5.02 Å². The van der Waals surface area contributed by atoms with Gasteiger partial charge in [0.1, 0.15) is 12.3 Å². The first-order valence-electron chi connectivity index (χ1n) is 8.02. The summed E-state index contributed by atoms with van der Waals surface area (Å²) in [6.45, 7) is -0.474. The SMILES string of the molecule is COc1ccc(Cl)cc1N(CC(=O)N/N=C\c1ccc(SC)cc1)S(C)(=O)=O. The molecule has 0 saturated carbocycles. The van der Waals surface area contributed by atoms with Crippen LogP contribution in [-0.4, -0.2) is 46.7 Å². The van der Waals surface area contributed by atoms with Crippen molar-refractivity contribution in [3.8, 4) is 5.75 Å². The van der Waals surface area contributed by atoms with Gasteiger partial charge in [0, 0.05) is 9.92 Å². The van der Waals surface area contributed by atoms with Gasteiger partial charge in [0.25, 0.3) is 5.91 Å². The van der Waals surface area contributed by atoms with Crippen LogP contribution in [0.3, 0.4) is 0 Å². The minimum absolute atomic E-state index is 0.171. The smallest absolute Gasteiger partial charge is 0.260 e. The van der Waals surface area contributed by atoms with Gasteiger partial charge in [0.2, 0.25) is 10.0 Å². The molecular formula is C18H20ClN3O4S2. The molecule has 0 spiro atoms. The molecule has 0 heterocycles. The van der Waals surface area contributed by atoms with Crippen molar-refractivity contribution in [3.05, 3.63) is 53.1 Å². The number of carbonyl (C=O) groups is 1. The highest BCUT2D eigenvalue weighted by Gasteiger charge is 2.24. The van der Waals surface area contributed by atoms with E-state index in [0.717, 1.165) is 21.0 Å². The van der Waals surface area contributed by atoms with Gasteiger partial charge in [0.15, 0.2) is 0 Å². The minimum atomic E-state index is -3.77. The van der Waals surface area contributed by atoms with E-state index in [1.165, 1.54) is 25.5 Å². The number of nitrogens with one attached hydrogen (secondary N) is 1. The highest BCUT2D eigenvalue weighted by molar-refractivity contribution is 7.98. The average Bonchev–Trinajstić information content (AvgIpc) is 2.65. The van der Waals surface area contributed by atoms with Crippen molar-refractivity contribution < 1.29 is 17.9 Å². The van der Waals surface area contributed by atoms with Crippen LogP contribution in [0.1, 0.15) is 5.56 Å². The molecule has 0 aliphatic rings. The summed E-state index contributed by atoms with van der Waals surface area (Å²) < 4.78 is 30.5. The molecule has 0 radical (unpaired) electrons. The summed E-state index contributed by atoms with van der Waals surface area (Å²) >= 11 is 7.60. The van der Waals surface area contributed by atoms with E-state index < -0.39 is 22.5 Å². The monoisotopic (exact) mass is 441 g/mol. The average molecular weight is 442 g/mol. The highest BCUT2D eigenvalue weighted by Crippen LogP contribution is 2.32. The molecule has 0 saturated heterocycles. The third-order valence-corrected chi connectivity index (χ3v) is 5.72. The fourth-order valence-corrected chi connectivity index (χ4v) is 3.70. The maximum absolute atomic E-state index is 12.2. The van der Waals surface area contributed by atoms with Crippen LogP contribution in [0.4, 0.5) is 5.69 Å². The summed E-state index contributed by atoms with van der Waals surface area (Å²) in [5, 5.41) is 4.19. The fourth-order valence-electron chi connectivity index (χ4n) is 2.27. The molecule has 1 N–H and O–H groups in total. The van der Waals surface area contributed by atoms with Crippen molar-refractivity contribution in [1.29, 1.82) is 0 Å². The van der Waals surface area contributed by atoms with Crippen LogP contribution in [0, 0.1) is 0 Å². The molecule has 10 heteroatoms. The van der Waals surface area contributed by atoms with Gasteiger partial charge in [-0.05, 0) is 42.2 Å². The van der Waals surface area contributed by atoms with Crippen molar-refractivity contribution in [2.24, 2.45) is 5.10 Å². The number of halogens is 1. The lowest BCUT2D eigenvalue weighted by Gasteiger charge is -2.23. The maximum Gasteiger partial charge on any atom is 0.260 e. The Morgan fingerprint density at radius 3 is 2.54 bits per heavy atom. The van der Waals surface area contributed by atoms with E-state index in [1.807, 2.05) is 30.5 Å².